The summed E-state index contributed by atoms with van der Waals surface area (Å²) < 4.78 is 31.3. The molecule has 0 unspecified atom stereocenters. The van der Waals surface area contributed by atoms with Crippen molar-refractivity contribution < 1.29 is 17.9 Å². The van der Waals surface area contributed by atoms with E-state index in [4.69, 9.17) is 4.74 Å². The number of methoxy groups -OCH3 is 1. The molecule has 2 heterocycles. The van der Waals surface area contributed by atoms with Gasteiger partial charge in [-0.05, 0) is 43.0 Å². The number of pyridine rings is 1. The summed E-state index contributed by atoms with van der Waals surface area (Å²) in [6.07, 6.45) is 4.35. The van der Waals surface area contributed by atoms with E-state index in [2.05, 4.69) is 9.71 Å². The average molecular weight is 404 g/mol. The number of ether oxygens (including phenoxy) is 1. The van der Waals surface area contributed by atoms with Crippen molar-refractivity contribution >= 4 is 16.1 Å². The summed E-state index contributed by atoms with van der Waals surface area (Å²) >= 11 is 0. The average Bonchev–Trinajstić information content (AvgIpc) is 2.68. The fraction of sp³-hybridized carbons (Fsp3) is 0.400. The third kappa shape index (κ3) is 5.08. The molecule has 1 aliphatic rings. The molecule has 2 aromatic rings. The SMILES string of the molecule is COC(=O)N1CCC[C@@H](NS(C)(=O)=O)[C@H]1Cc1cccc(-c2ccccn2)c1. The number of benzene rings is 1. The Kier molecular flexibility index (Phi) is 6.31. The first-order valence-corrected chi connectivity index (χ1v) is 11.1. The molecule has 1 aromatic heterocycles. The summed E-state index contributed by atoms with van der Waals surface area (Å²) in [4.78, 5) is 18.3. The van der Waals surface area contributed by atoms with E-state index in [1.807, 2.05) is 42.5 Å². The number of carbonyl (C=O) groups is 1. The van der Waals surface area contributed by atoms with E-state index >= 15 is 0 Å². The molecule has 0 spiro atoms. The first-order valence-electron chi connectivity index (χ1n) is 9.19. The largest absolute Gasteiger partial charge is 0.453 e. The van der Waals surface area contributed by atoms with Crippen molar-refractivity contribution in [3.63, 3.8) is 0 Å². The predicted molar refractivity (Wildman–Crippen MR) is 107 cm³/mol. The number of hydrogen-bond acceptors (Lipinski definition) is 5. The number of hydrogen-bond donors (Lipinski definition) is 1. The van der Waals surface area contributed by atoms with Crippen molar-refractivity contribution in [2.75, 3.05) is 19.9 Å². The molecule has 28 heavy (non-hydrogen) atoms. The van der Waals surface area contributed by atoms with Gasteiger partial charge in [-0.25, -0.2) is 17.9 Å². The van der Waals surface area contributed by atoms with Gasteiger partial charge in [-0.2, -0.15) is 0 Å². The number of carbonyl (C=O) groups excluding carboxylic acids is 1. The van der Waals surface area contributed by atoms with E-state index in [0.717, 1.165) is 23.1 Å². The summed E-state index contributed by atoms with van der Waals surface area (Å²) in [5, 5.41) is 0. The molecule has 1 aromatic carbocycles. The Labute approximate surface area is 165 Å². The van der Waals surface area contributed by atoms with Gasteiger partial charge in [-0.1, -0.05) is 24.3 Å². The quantitative estimate of drug-likeness (QED) is 0.828. The molecule has 8 heteroatoms. The summed E-state index contributed by atoms with van der Waals surface area (Å²) in [7, 11) is -2.05. The first kappa shape index (κ1) is 20.3. The van der Waals surface area contributed by atoms with Crippen LogP contribution in [-0.2, 0) is 21.2 Å². The number of piperidine rings is 1. The highest BCUT2D eigenvalue weighted by atomic mass is 32.2. The molecule has 2 atom stereocenters. The molecule has 150 valence electrons. The summed E-state index contributed by atoms with van der Waals surface area (Å²) in [5.41, 5.74) is 2.85. The van der Waals surface area contributed by atoms with Gasteiger partial charge in [-0.3, -0.25) is 4.98 Å². The third-order valence-electron chi connectivity index (χ3n) is 4.89. The van der Waals surface area contributed by atoms with Gasteiger partial charge in [0, 0.05) is 24.3 Å². The zero-order valence-corrected chi connectivity index (χ0v) is 16.9. The van der Waals surface area contributed by atoms with Gasteiger partial charge in [0.1, 0.15) is 0 Å². The Balaban J connectivity index is 1.89. The minimum absolute atomic E-state index is 0.324. The van der Waals surface area contributed by atoms with Crippen LogP contribution in [0.15, 0.2) is 48.7 Å². The van der Waals surface area contributed by atoms with E-state index in [1.54, 1.807) is 11.1 Å². The van der Waals surface area contributed by atoms with Gasteiger partial charge in [0.15, 0.2) is 0 Å². The monoisotopic (exact) mass is 403 g/mol. The maximum absolute atomic E-state index is 12.3. The lowest BCUT2D eigenvalue weighted by molar-refractivity contribution is 0.0792. The lowest BCUT2D eigenvalue weighted by Crippen LogP contribution is -2.57. The van der Waals surface area contributed by atoms with Crippen LogP contribution in [0.3, 0.4) is 0 Å². The molecule has 1 N–H and O–H groups in total. The van der Waals surface area contributed by atoms with Crippen LogP contribution in [0.5, 0.6) is 0 Å². The zero-order chi connectivity index (χ0) is 20.1. The number of likely N-dealkylation sites (tertiary alicyclic amines) is 1. The molecule has 1 fully saturated rings. The number of amides is 1. The molecule has 0 saturated carbocycles. The molecule has 0 aliphatic carbocycles. The Bertz CT molecular complexity index is 918. The highest BCUT2D eigenvalue weighted by Crippen LogP contribution is 2.25. The fourth-order valence-electron chi connectivity index (χ4n) is 3.70. The van der Waals surface area contributed by atoms with Crippen molar-refractivity contribution in [3.05, 3.63) is 54.2 Å². The number of nitrogens with zero attached hydrogens (tertiary/aromatic N) is 2. The topological polar surface area (TPSA) is 88.6 Å². The number of nitrogens with one attached hydrogen (secondary N) is 1. The molecule has 0 radical (unpaired) electrons. The molecule has 1 amide bonds. The van der Waals surface area contributed by atoms with Crippen LogP contribution in [0.25, 0.3) is 11.3 Å². The molecule has 0 bridgehead atoms. The van der Waals surface area contributed by atoms with Crippen molar-refractivity contribution in [1.29, 1.82) is 0 Å². The third-order valence-corrected chi connectivity index (χ3v) is 5.62. The standard InChI is InChI=1S/C20H25N3O4S/c1-27-20(24)23-12-6-10-18(22-28(2,25)26)19(23)14-15-7-5-8-16(13-15)17-9-3-4-11-21-17/h3-5,7-9,11,13,18-19,22H,6,10,12,14H2,1-2H3/t18-,19-/m1/s1. The van der Waals surface area contributed by atoms with E-state index in [1.165, 1.54) is 7.11 Å². The van der Waals surface area contributed by atoms with Gasteiger partial charge < -0.3 is 9.64 Å². The van der Waals surface area contributed by atoms with Crippen LogP contribution >= 0.6 is 0 Å². The lowest BCUT2D eigenvalue weighted by atomic mass is 9.91. The minimum atomic E-state index is -3.39. The number of rotatable bonds is 5. The van der Waals surface area contributed by atoms with E-state index in [9.17, 15) is 13.2 Å². The Morgan fingerprint density at radius 2 is 2.11 bits per heavy atom. The van der Waals surface area contributed by atoms with Gasteiger partial charge >= 0.3 is 6.09 Å². The second-order valence-electron chi connectivity index (χ2n) is 6.99. The Hall–Kier alpha value is -2.45. The fourth-order valence-corrected chi connectivity index (χ4v) is 4.52. The number of aromatic nitrogens is 1. The highest BCUT2D eigenvalue weighted by Gasteiger charge is 2.36. The van der Waals surface area contributed by atoms with Gasteiger partial charge in [-0.15, -0.1) is 0 Å². The molecular formula is C20H25N3O4S. The molecular weight excluding hydrogens is 378 g/mol. The van der Waals surface area contributed by atoms with Crippen molar-refractivity contribution in [2.24, 2.45) is 0 Å². The van der Waals surface area contributed by atoms with Gasteiger partial charge in [0.05, 0.1) is 25.1 Å². The Morgan fingerprint density at radius 3 is 2.79 bits per heavy atom. The highest BCUT2D eigenvalue weighted by molar-refractivity contribution is 7.88. The first-order chi connectivity index (χ1) is 13.4. The van der Waals surface area contributed by atoms with Crippen molar-refractivity contribution in [1.82, 2.24) is 14.6 Å². The van der Waals surface area contributed by atoms with Crippen LogP contribution in [-0.4, -0.2) is 56.4 Å². The van der Waals surface area contributed by atoms with Gasteiger partial charge in [0.25, 0.3) is 0 Å². The Morgan fingerprint density at radius 1 is 1.29 bits per heavy atom. The summed E-state index contributed by atoms with van der Waals surface area (Å²) in [5.74, 6) is 0. The van der Waals surface area contributed by atoms with E-state index < -0.39 is 16.1 Å². The van der Waals surface area contributed by atoms with Crippen LogP contribution in [0.2, 0.25) is 0 Å². The molecule has 1 saturated heterocycles. The van der Waals surface area contributed by atoms with Crippen LogP contribution in [0, 0.1) is 0 Å². The van der Waals surface area contributed by atoms with Crippen LogP contribution in [0.1, 0.15) is 18.4 Å². The van der Waals surface area contributed by atoms with Crippen molar-refractivity contribution in [3.8, 4) is 11.3 Å². The minimum Gasteiger partial charge on any atom is -0.453 e. The van der Waals surface area contributed by atoms with Crippen LogP contribution in [0.4, 0.5) is 4.79 Å². The summed E-state index contributed by atoms with van der Waals surface area (Å²) in [6, 6.07) is 13.0. The lowest BCUT2D eigenvalue weighted by Gasteiger charge is -2.40. The maximum Gasteiger partial charge on any atom is 0.409 e. The molecule has 3 rings (SSSR count). The molecule has 7 nitrogen and oxygen atoms in total. The predicted octanol–water partition coefficient (Wildman–Crippen LogP) is 2.44. The zero-order valence-electron chi connectivity index (χ0n) is 16.0. The van der Waals surface area contributed by atoms with Gasteiger partial charge in [0.2, 0.25) is 10.0 Å². The van der Waals surface area contributed by atoms with Crippen molar-refractivity contribution in [2.45, 2.75) is 31.3 Å². The number of sulfonamides is 1. The second kappa shape index (κ2) is 8.70. The molecule has 1 aliphatic heterocycles. The van der Waals surface area contributed by atoms with E-state index in [0.29, 0.717) is 25.8 Å². The smallest absolute Gasteiger partial charge is 0.409 e. The van der Waals surface area contributed by atoms with E-state index in [-0.39, 0.29) is 12.1 Å². The normalized spacial score (nSPS) is 20.0. The summed E-state index contributed by atoms with van der Waals surface area (Å²) in [6.45, 7) is 0.541. The second-order valence-corrected chi connectivity index (χ2v) is 8.77. The maximum atomic E-state index is 12.3. The van der Waals surface area contributed by atoms with Crippen LogP contribution < -0.4 is 4.72 Å².